The van der Waals surface area contributed by atoms with Crippen LogP contribution in [-0.4, -0.2) is 28.2 Å². The van der Waals surface area contributed by atoms with Crippen molar-refractivity contribution in [3.05, 3.63) is 52.6 Å². The molecule has 2 aromatic rings. The lowest BCUT2D eigenvalue weighted by atomic mass is 9.89. The molecule has 3 rings (SSSR count). The maximum atomic E-state index is 13.3. The van der Waals surface area contributed by atoms with E-state index in [4.69, 9.17) is 0 Å². The van der Waals surface area contributed by atoms with E-state index in [1.54, 1.807) is 19.2 Å². The number of nitrogens with zero attached hydrogens (tertiary/aromatic N) is 2. The number of hydrogen-bond acceptors (Lipinski definition) is 3. The van der Waals surface area contributed by atoms with Gasteiger partial charge < -0.3 is 10.5 Å². The van der Waals surface area contributed by atoms with E-state index in [-0.39, 0.29) is 5.82 Å². The van der Waals surface area contributed by atoms with Crippen molar-refractivity contribution in [3.8, 4) is 0 Å². The Morgan fingerprint density at radius 3 is 2.86 bits per heavy atom. The minimum absolute atomic E-state index is 0.190. The lowest BCUT2D eigenvalue weighted by Crippen LogP contribution is -2.26. The number of aryl methyl sites for hydroxylation is 1. The van der Waals surface area contributed by atoms with Crippen molar-refractivity contribution in [2.45, 2.75) is 32.1 Å². The predicted molar refractivity (Wildman–Crippen MR) is 78.2 cm³/mol. The molecule has 2 heterocycles. The molecule has 0 unspecified atom stereocenters. The summed E-state index contributed by atoms with van der Waals surface area (Å²) in [7, 11) is 0. The molecular weight excluding hydrogens is 269 g/mol. The summed E-state index contributed by atoms with van der Waals surface area (Å²) < 4.78 is 13.3. The summed E-state index contributed by atoms with van der Waals surface area (Å²) in [5, 5.41) is 17.2. The Labute approximate surface area is 123 Å². The molecule has 1 aliphatic heterocycles. The van der Waals surface area contributed by atoms with E-state index >= 15 is 0 Å². The monoisotopic (exact) mass is 289 g/mol. The van der Waals surface area contributed by atoms with Gasteiger partial charge in [-0.25, -0.2) is 4.39 Å². The van der Waals surface area contributed by atoms with E-state index in [0.29, 0.717) is 17.9 Å². The number of halogens is 1. The van der Waals surface area contributed by atoms with Crippen LogP contribution in [0.15, 0.2) is 24.4 Å². The van der Waals surface area contributed by atoms with Crippen LogP contribution in [-0.2, 0) is 6.42 Å². The molecule has 1 aliphatic rings. The molecule has 1 aromatic carbocycles. The lowest BCUT2D eigenvalue weighted by Gasteiger charge is -2.22. The quantitative estimate of drug-likeness (QED) is 0.854. The first kappa shape index (κ1) is 14.1. The van der Waals surface area contributed by atoms with Crippen LogP contribution < -0.4 is 5.32 Å². The van der Waals surface area contributed by atoms with Gasteiger partial charge in [-0.05, 0) is 56.0 Å². The average Bonchev–Trinajstić information content (AvgIpc) is 2.85. The fraction of sp³-hybridized carbons (Fsp3) is 0.438. The number of nitrogens with one attached hydrogen (secondary N) is 1. The van der Waals surface area contributed by atoms with Crippen molar-refractivity contribution in [1.82, 2.24) is 15.3 Å². The fourth-order valence-corrected chi connectivity index (χ4v) is 3.03. The Morgan fingerprint density at radius 1 is 1.38 bits per heavy atom. The predicted octanol–water partition coefficient (Wildman–Crippen LogP) is 2.63. The van der Waals surface area contributed by atoms with Gasteiger partial charge in [-0.3, -0.25) is 0 Å². The van der Waals surface area contributed by atoms with E-state index < -0.39 is 0 Å². The van der Waals surface area contributed by atoms with Crippen molar-refractivity contribution in [3.63, 3.8) is 0 Å². The third-order valence-corrected chi connectivity index (χ3v) is 4.18. The highest BCUT2D eigenvalue weighted by atomic mass is 19.1. The molecule has 21 heavy (non-hydrogen) atoms. The Hall–Kier alpha value is -1.88. The molecule has 1 fully saturated rings. The molecule has 4 nitrogen and oxygen atoms in total. The molecule has 2 N–H and O–H groups in total. The molecule has 1 saturated heterocycles. The van der Waals surface area contributed by atoms with Crippen LogP contribution >= 0.6 is 0 Å². The summed E-state index contributed by atoms with van der Waals surface area (Å²) >= 11 is 0. The molecule has 0 radical (unpaired) electrons. The van der Waals surface area contributed by atoms with E-state index in [2.05, 4.69) is 10.4 Å². The van der Waals surface area contributed by atoms with Crippen LogP contribution in [0, 0.1) is 12.7 Å². The summed E-state index contributed by atoms with van der Waals surface area (Å²) in [6.07, 6.45) is 4.44. The maximum Gasteiger partial charge on any atom is 0.126 e. The summed E-state index contributed by atoms with van der Waals surface area (Å²) in [5.41, 5.74) is 3.65. The molecule has 0 bridgehead atoms. The zero-order valence-electron chi connectivity index (χ0n) is 12.1. The zero-order chi connectivity index (χ0) is 14.8. The van der Waals surface area contributed by atoms with Gasteiger partial charge >= 0.3 is 0 Å². The van der Waals surface area contributed by atoms with Crippen LogP contribution in [0.5, 0.6) is 0 Å². The van der Waals surface area contributed by atoms with E-state index in [9.17, 15) is 9.60 Å². The van der Waals surface area contributed by atoms with Crippen molar-refractivity contribution in [1.29, 1.82) is 0 Å². The van der Waals surface area contributed by atoms with Crippen molar-refractivity contribution in [2.75, 3.05) is 13.1 Å². The highest BCUT2D eigenvalue weighted by molar-refractivity contribution is 5.31. The molecule has 0 saturated carbocycles. The summed E-state index contributed by atoms with van der Waals surface area (Å²) in [6, 6.07) is 5.12. The Balaban J connectivity index is 1.85. The minimum Gasteiger partial charge on any atom is -0.412 e. The molecule has 0 amide bonds. The Bertz CT molecular complexity index is 632. The lowest BCUT2D eigenvalue weighted by molar-refractivity contribution is 0.147. The molecule has 112 valence electrons. The van der Waals surface area contributed by atoms with Gasteiger partial charge in [-0.1, -0.05) is 12.1 Å². The van der Waals surface area contributed by atoms with Crippen LogP contribution in [0.3, 0.4) is 0 Å². The smallest absolute Gasteiger partial charge is 0.126 e. The maximum absolute atomic E-state index is 13.3. The summed E-state index contributed by atoms with van der Waals surface area (Å²) in [5.74, 6) is 0.244. The molecule has 0 aliphatic carbocycles. The number of piperidine rings is 1. The first-order valence-electron chi connectivity index (χ1n) is 7.37. The van der Waals surface area contributed by atoms with Gasteiger partial charge in [-0.2, -0.15) is 0 Å². The van der Waals surface area contributed by atoms with Gasteiger partial charge in [0, 0.05) is 12.0 Å². The molecule has 1 aromatic heterocycles. The molecule has 5 heteroatoms. The number of benzene rings is 1. The standard InChI is InChI=1S/C16H20FN3O/c1-11-8-12(2-3-15(11)17)9-16-14(10-20(21)19-16)13-4-6-18-7-5-13/h2-3,8,10,13,18,21H,4-7,9H2,1H3. The van der Waals surface area contributed by atoms with Crippen LogP contribution in [0.25, 0.3) is 0 Å². The van der Waals surface area contributed by atoms with E-state index in [1.807, 2.05) is 6.07 Å². The highest BCUT2D eigenvalue weighted by Gasteiger charge is 2.21. The normalized spacial score (nSPS) is 16.3. The van der Waals surface area contributed by atoms with Gasteiger partial charge in [0.2, 0.25) is 0 Å². The number of rotatable bonds is 3. The van der Waals surface area contributed by atoms with Gasteiger partial charge in [0.05, 0.1) is 11.9 Å². The van der Waals surface area contributed by atoms with E-state index in [0.717, 1.165) is 47.6 Å². The number of aromatic nitrogens is 2. The largest absolute Gasteiger partial charge is 0.412 e. The number of hydrogen-bond donors (Lipinski definition) is 2. The van der Waals surface area contributed by atoms with Gasteiger partial charge in [-0.15, -0.1) is 9.94 Å². The van der Waals surface area contributed by atoms with Gasteiger partial charge in [0.25, 0.3) is 0 Å². The minimum atomic E-state index is -0.190. The molecule has 0 atom stereocenters. The Kier molecular flexibility index (Phi) is 3.92. The Morgan fingerprint density at radius 2 is 2.14 bits per heavy atom. The second kappa shape index (κ2) is 5.85. The highest BCUT2D eigenvalue weighted by Crippen LogP contribution is 2.28. The zero-order valence-corrected chi connectivity index (χ0v) is 12.1. The topological polar surface area (TPSA) is 50.1 Å². The van der Waals surface area contributed by atoms with Crippen LogP contribution in [0.1, 0.15) is 41.1 Å². The third kappa shape index (κ3) is 3.08. The van der Waals surface area contributed by atoms with Crippen LogP contribution in [0.2, 0.25) is 0 Å². The van der Waals surface area contributed by atoms with Crippen molar-refractivity contribution in [2.24, 2.45) is 0 Å². The van der Waals surface area contributed by atoms with Crippen molar-refractivity contribution >= 4 is 0 Å². The second-order valence-corrected chi connectivity index (χ2v) is 5.74. The summed E-state index contributed by atoms with van der Waals surface area (Å²) in [4.78, 5) is 0.906. The fourth-order valence-electron chi connectivity index (χ4n) is 3.03. The first-order chi connectivity index (χ1) is 10.1. The summed E-state index contributed by atoms with van der Waals surface area (Å²) in [6.45, 7) is 3.75. The van der Waals surface area contributed by atoms with Crippen LogP contribution in [0.4, 0.5) is 4.39 Å². The first-order valence-corrected chi connectivity index (χ1v) is 7.37. The molecular formula is C16H20FN3O. The molecule has 0 spiro atoms. The van der Waals surface area contributed by atoms with Gasteiger partial charge in [0.1, 0.15) is 5.82 Å². The van der Waals surface area contributed by atoms with E-state index in [1.165, 1.54) is 6.07 Å². The second-order valence-electron chi connectivity index (χ2n) is 5.74. The third-order valence-electron chi connectivity index (χ3n) is 4.18. The SMILES string of the molecule is Cc1cc(Cc2nn(O)cc2C2CCNCC2)ccc1F. The van der Waals surface area contributed by atoms with Gasteiger partial charge in [0.15, 0.2) is 0 Å². The van der Waals surface area contributed by atoms with Crippen molar-refractivity contribution < 1.29 is 9.60 Å². The average molecular weight is 289 g/mol.